The summed E-state index contributed by atoms with van der Waals surface area (Å²) in [7, 11) is 0. The first-order chi connectivity index (χ1) is 9.28. The van der Waals surface area contributed by atoms with E-state index >= 15 is 0 Å². The minimum atomic E-state index is 0.209. The minimum absolute atomic E-state index is 0.209. The summed E-state index contributed by atoms with van der Waals surface area (Å²) in [6.07, 6.45) is 3.30. The normalized spacial score (nSPS) is 24.9. The quantitative estimate of drug-likeness (QED) is 0.767. The molecule has 0 aromatic heterocycles. The van der Waals surface area contributed by atoms with Gasteiger partial charge in [-0.05, 0) is 24.8 Å². The van der Waals surface area contributed by atoms with Crippen LogP contribution in [0.25, 0.3) is 0 Å². The van der Waals surface area contributed by atoms with Gasteiger partial charge in [0.05, 0.1) is 0 Å². The number of rotatable bonds is 4. The van der Waals surface area contributed by atoms with Crippen LogP contribution < -0.4 is 14.8 Å². The van der Waals surface area contributed by atoms with Gasteiger partial charge in [-0.15, -0.1) is 0 Å². The maximum absolute atomic E-state index is 9.95. The Labute approximate surface area is 112 Å². The van der Waals surface area contributed by atoms with Gasteiger partial charge in [0.1, 0.15) is 5.75 Å². The number of aliphatic hydroxyl groups is 1. The van der Waals surface area contributed by atoms with Crippen LogP contribution in [0.4, 0.5) is 0 Å². The molecule has 19 heavy (non-hydrogen) atoms. The van der Waals surface area contributed by atoms with Crippen molar-refractivity contribution >= 4 is 0 Å². The summed E-state index contributed by atoms with van der Waals surface area (Å²) >= 11 is 0. The van der Waals surface area contributed by atoms with Crippen LogP contribution in [0, 0.1) is 5.92 Å². The molecule has 1 heterocycles. The highest BCUT2D eigenvalue weighted by molar-refractivity contribution is 5.51. The van der Waals surface area contributed by atoms with Gasteiger partial charge in [-0.3, -0.25) is 0 Å². The highest BCUT2D eigenvalue weighted by Gasteiger charge is 2.26. The molecule has 0 saturated heterocycles. The SMILES string of the molecule is OCC1CCCC1NCc1cc2c(cc1O)OCO2. The Kier molecular flexibility index (Phi) is 3.48. The summed E-state index contributed by atoms with van der Waals surface area (Å²) in [5.74, 6) is 1.82. The van der Waals surface area contributed by atoms with E-state index in [1.54, 1.807) is 6.07 Å². The zero-order chi connectivity index (χ0) is 13.2. The van der Waals surface area contributed by atoms with Crippen LogP contribution >= 0.6 is 0 Å². The molecule has 1 aromatic rings. The molecule has 0 amide bonds. The molecule has 0 spiro atoms. The lowest BCUT2D eigenvalue weighted by molar-refractivity contribution is 0.174. The highest BCUT2D eigenvalue weighted by Crippen LogP contribution is 2.37. The molecular formula is C14H19NO4. The van der Waals surface area contributed by atoms with E-state index in [0.29, 0.717) is 30.0 Å². The largest absolute Gasteiger partial charge is 0.507 e. The maximum atomic E-state index is 9.95. The standard InChI is InChI=1S/C14H19NO4/c16-7-9-2-1-3-11(9)15-6-10-4-13-14(5-12(10)17)19-8-18-13/h4-5,9,11,15-17H,1-3,6-8H2. The van der Waals surface area contributed by atoms with E-state index in [9.17, 15) is 10.2 Å². The lowest BCUT2D eigenvalue weighted by Crippen LogP contribution is -2.33. The van der Waals surface area contributed by atoms with Gasteiger partial charge < -0.3 is 25.0 Å². The van der Waals surface area contributed by atoms with Crippen LogP contribution in [-0.4, -0.2) is 29.7 Å². The highest BCUT2D eigenvalue weighted by atomic mass is 16.7. The number of nitrogens with one attached hydrogen (secondary N) is 1. The number of hydrogen-bond donors (Lipinski definition) is 3. The Morgan fingerprint density at radius 1 is 1.21 bits per heavy atom. The average Bonchev–Trinajstić information content (AvgIpc) is 3.03. The van der Waals surface area contributed by atoms with E-state index in [1.807, 2.05) is 6.07 Å². The summed E-state index contributed by atoms with van der Waals surface area (Å²) in [5.41, 5.74) is 0.799. The molecule has 104 valence electrons. The Hall–Kier alpha value is -1.46. The Bertz CT molecular complexity index is 463. The van der Waals surface area contributed by atoms with E-state index in [-0.39, 0.29) is 19.1 Å². The molecule has 1 aliphatic carbocycles. The van der Waals surface area contributed by atoms with Crippen LogP contribution in [0.1, 0.15) is 24.8 Å². The third-order valence-corrected chi connectivity index (χ3v) is 4.02. The van der Waals surface area contributed by atoms with E-state index in [4.69, 9.17) is 9.47 Å². The number of fused-ring (bicyclic) bond motifs is 1. The van der Waals surface area contributed by atoms with E-state index in [0.717, 1.165) is 24.8 Å². The number of phenolic OH excluding ortho intramolecular Hbond substituents is 1. The summed E-state index contributed by atoms with van der Waals surface area (Å²) in [4.78, 5) is 0. The molecule has 1 fully saturated rings. The van der Waals surface area contributed by atoms with Crippen molar-refractivity contribution in [1.82, 2.24) is 5.32 Å². The topological polar surface area (TPSA) is 71.0 Å². The van der Waals surface area contributed by atoms with Crippen molar-refractivity contribution in [3.8, 4) is 17.2 Å². The number of hydrogen-bond acceptors (Lipinski definition) is 5. The molecule has 1 aromatic carbocycles. The monoisotopic (exact) mass is 265 g/mol. The summed E-state index contributed by atoms with van der Waals surface area (Å²) in [6, 6.07) is 3.74. The van der Waals surface area contributed by atoms with Crippen molar-refractivity contribution in [1.29, 1.82) is 0 Å². The molecule has 5 nitrogen and oxygen atoms in total. The second kappa shape index (κ2) is 5.27. The van der Waals surface area contributed by atoms with Gasteiger partial charge in [0.25, 0.3) is 0 Å². The van der Waals surface area contributed by atoms with Crippen LogP contribution in [0.3, 0.4) is 0 Å². The van der Waals surface area contributed by atoms with Gasteiger partial charge in [-0.2, -0.15) is 0 Å². The Balaban J connectivity index is 1.67. The van der Waals surface area contributed by atoms with Crippen LogP contribution in [-0.2, 0) is 6.54 Å². The van der Waals surface area contributed by atoms with Gasteiger partial charge in [0.2, 0.25) is 6.79 Å². The van der Waals surface area contributed by atoms with Gasteiger partial charge in [-0.1, -0.05) is 6.42 Å². The third kappa shape index (κ3) is 2.48. The fourth-order valence-corrected chi connectivity index (χ4v) is 2.88. The molecule has 2 atom stereocenters. The van der Waals surface area contributed by atoms with Crippen LogP contribution in [0.2, 0.25) is 0 Å². The molecule has 2 aliphatic rings. The zero-order valence-electron chi connectivity index (χ0n) is 10.8. The fraction of sp³-hybridized carbons (Fsp3) is 0.571. The van der Waals surface area contributed by atoms with Crippen molar-refractivity contribution in [2.75, 3.05) is 13.4 Å². The van der Waals surface area contributed by atoms with Crippen molar-refractivity contribution in [2.24, 2.45) is 5.92 Å². The predicted molar refractivity (Wildman–Crippen MR) is 69.3 cm³/mol. The molecule has 5 heteroatoms. The van der Waals surface area contributed by atoms with Crippen LogP contribution in [0.15, 0.2) is 12.1 Å². The number of ether oxygens (including phenoxy) is 2. The molecule has 2 unspecified atom stereocenters. The lowest BCUT2D eigenvalue weighted by atomic mass is 10.0. The number of phenols is 1. The van der Waals surface area contributed by atoms with Crippen LogP contribution in [0.5, 0.6) is 17.2 Å². The van der Waals surface area contributed by atoms with Crippen molar-refractivity contribution in [3.63, 3.8) is 0 Å². The average molecular weight is 265 g/mol. The molecule has 1 saturated carbocycles. The van der Waals surface area contributed by atoms with E-state index in [2.05, 4.69) is 5.32 Å². The predicted octanol–water partition coefficient (Wildman–Crippen LogP) is 1.37. The maximum Gasteiger partial charge on any atom is 0.231 e. The number of aliphatic hydroxyl groups excluding tert-OH is 1. The first-order valence-electron chi connectivity index (χ1n) is 6.73. The second-order valence-electron chi connectivity index (χ2n) is 5.20. The number of benzene rings is 1. The smallest absolute Gasteiger partial charge is 0.231 e. The molecule has 3 rings (SSSR count). The van der Waals surface area contributed by atoms with Gasteiger partial charge in [0, 0.05) is 30.8 Å². The van der Waals surface area contributed by atoms with E-state index in [1.165, 1.54) is 0 Å². The third-order valence-electron chi connectivity index (χ3n) is 4.02. The molecule has 1 aliphatic heterocycles. The molecular weight excluding hydrogens is 246 g/mol. The number of aromatic hydroxyl groups is 1. The molecule has 0 bridgehead atoms. The van der Waals surface area contributed by atoms with E-state index < -0.39 is 0 Å². The van der Waals surface area contributed by atoms with Crippen molar-refractivity contribution in [2.45, 2.75) is 31.8 Å². The fourth-order valence-electron chi connectivity index (χ4n) is 2.88. The Morgan fingerprint density at radius 2 is 2.00 bits per heavy atom. The first kappa shape index (κ1) is 12.6. The first-order valence-corrected chi connectivity index (χ1v) is 6.73. The summed E-state index contributed by atoms with van der Waals surface area (Å²) in [6.45, 7) is 1.01. The zero-order valence-corrected chi connectivity index (χ0v) is 10.8. The van der Waals surface area contributed by atoms with Crippen molar-refractivity contribution in [3.05, 3.63) is 17.7 Å². The lowest BCUT2D eigenvalue weighted by Gasteiger charge is -2.19. The van der Waals surface area contributed by atoms with Gasteiger partial charge in [0.15, 0.2) is 11.5 Å². The minimum Gasteiger partial charge on any atom is -0.507 e. The summed E-state index contributed by atoms with van der Waals surface area (Å²) in [5, 5.41) is 22.7. The molecule has 3 N–H and O–H groups in total. The van der Waals surface area contributed by atoms with Gasteiger partial charge >= 0.3 is 0 Å². The van der Waals surface area contributed by atoms with Gasteiger partial charge in [-0.25, -0.2) is 0 Å². The second-order valence-corrected chi connectivity index (χ2v) is 5.20. The Morgan fingerprint density at radius 3 is 2.79 bits per heavy atom. The summed E-state index contributed by atoms with van der Waals surface area (Å²) < 4.78 is 10.5. The van der Waals surface area contributed by atoms with Crippen molar-refractivity contribution < 1.29 is 19.7 Å². The molecule has 0 radical (unpaired) electrons.